The number of rotatable bonds is 5. The molecular weight excluding hydrogens is 344 g/mol. The molecule has 3 heterocycles. The number of aromatic nitrogens is 2. The number of morpholine rings is 1. The fraction of sp³-hybridized carbons (Fsp3) is 0.250. The summed E-state index contributed by atoms with van der Waals surface area (Å²) in [6.45, 7) is 2.82. The summed E-state index contributed by atoms with van der Waals surface area (Å²) >= 11 is 0. The van der Waals surface area contributed by atoms with Crippen LogP contribution in [0.15, 0.2) is 59.3 Å². The summed E-state index contributed by atoms with van der Waals surface area (Å²) in [5, 5.41) is 2.94. The summed E-state index contributed by atoms with van der Waals surface area (Å²) in [7, 11) is 0. The topological polar surface area (TPSA) is 80.5 Å². The van der Waals surface area contributed by atoms with Gasteiger partial charge in [0.2, 0.25) is 11.8 Å². The van der Waals surface area contributed by atoms with Gasteiger partial charge in [0.1, 0.15) is 6.26 Å². The number of hydrogen-bond acceptors (Lipinski definition) is 6. The van der Waals surface area contributed by atoms with Gasteiger partial charge in [-0.2, -0.15) is 0 Å². The van der Waals surface area contributed by atoms with Crippen molar-refractivity contribution in [3.63, 3.8) is 0 Å². The van der Waals surface area contributed by atoms with E-state index in [2.05, 4.69) is 20.2 Å². The summed E-state index contributed by atoms with van der Waals surface area (Å²) in [4.78, 5) is 23.4. The van der Waals surface area contributed by atoms with Crippen LogP contribution in [-0.2, 0) is 16.0 Å². The van der Waals surface area contributed by atoms with Gasteiger partial charge in [0, 0.05) is 24.8 Å². The van der Waals surface area contributed by atoms with Gasteiger partial charge in [0.15, 0.2) is 5.82 Å². The normalized spacial score (nSPS) is 14.1. The number of ether oxygens (including phenoxy) is 1. The number of hydrogen-bond donors (Lipinski definition) is 1. The lowest BCUT2D eigenvalue weighted by Gasteiger charge is -2.29. The SMILES string of the molecule is O=C(Cc1coc(-c2ccccc2)n1)Nc1cccnc1N1CCOCC1. The van der Waals surface area contributed by atoms with E-state index >= 15 is 0 Å². The van der Waals surface area contributed by atoms with Crippen LogP contribution in [0.1, 0.15) is 5.69 Å². The van der Waals surface area contributed by atoms with Crippen molar-refractivity contribution in [2.24, 2.45) is 0 Å². The van der Waals surface area contributed by atoms with Gasteiger partial charge in [-0.15, -0.1) is 0 Å². The van der Waals surface area contributed by atoms with E-state index < -0.39 is 0 Å². The molecule has 7 heteroatoms. The van der Waals surface area contributed by atoms with Crippen LogP contribution in [0.4, 0.5) is 11.5 Å². The minimum Gasteiger partial charge on any atom is -0.444 e. The van der Waals surface area contributed by atoms with Crippen LogP contribution >= 0.6 is 0 Å². The van der Waals surface area contributed by atoms with Crippen molar-refractivity contribution in [2.45, 2.75) is 6.42 Å². The Morgan fingerprint density at radius 2 is 1.93 bits per heavy atom. The zero-order valence-corrected chi connectivity index (χ0v) is 14.8. The van der Waals surface area contributed by atoms with Crippen molar-refractivity contribution in [3.05, 3.63) is 60.6 Å². The molecule has 4 rings (SSSR count). The molecule has 0 bridgehead atoms. The van der Waals surface area contributed by atoms with E-state index in [1.165, 1.54) is 6.26 Å². The van der Waals surface area contributed by atoms with Gasteiger partial charge < -0.3 is 19.4 Å². The minimum atomic E-state index is -0.162. The molecule has 0 radical (unpaired) electrons. The molecular formula is C20H20N4O3. The van der Waals surface area contributed by atoms with Crippen LogP contribution in [0.25, 0.3) is 11.5 Å². The second kappa shape index (κ2) is 8.01. The van der Waals surface area contributed by atoms with E-state index in [0.717, 1.165) is 24.5 Å². The first-order chi connectivity index (χ1) is 13.3. The molecule has 27 heavy (non-hydrogen) atoms. The average molecular weight is 364 g/mol. The van der Waals surface area contributed by atoms with Crippen LogP contribution in [0, 0.1) is 0 Å². The smallest absolute Gasteiger partial charge is 0.230 e. The van der Waals surface area contributed by atoms with Crippen molar-refractivity contribution >= 4 is 17.4 Å². The van der Waals surface area contributed by atoms with E-state index in [1.807, 2.05) is 42.5 Å². The molecule has 0 unspecified atom stereocenters. The predicted octanol–water partition coefficient (Wildman–Crippen LogP) is 2.75. The second-order valence-electron chi connectivity index (χ2n) is 6.21. The molecule has 1 N–H and O–H groups in total. The zero-order valence-electron chi connectivity index (χ0n) is 14.8. The first kappa shape index (κ1) is 17.2. The molecule has 0 atom stereocenters. The quantitative estimate of drug-likeness (QED) is 0.750. The van der Waals surface area contributed by atoms with Gasteiger partial charge in [-0.1, -0.05) is 18.2 Å². The highest BCUT2D eigenvalue weighted by atomic mass is 16.5. The monoisotopic (exact) mass is 364 g/mol. The number of anilines is 2. The molecule has 7 nitrogen and oxygen atoms in total. The molecule has 3 aromatic rings. The fourth-order valence-electron chi connectivity index (χ4n) is 2.98. The van der Waals surface area contributed by atoms with Crippen molar-refractivity contribution in [1.82, 2.24) is 9.97 Å². The van der Waals surface area contributed by atoms with Crippen LogP contribution in [0.3, 0.4) is 0 Å². The molecule has 0 saturated carbocycles. The van der Waals surface area contributed by atoms with Gasteiger partial charge >= 0.3 is 0 Å². The molecule has 0 spiro atoms. The number of pyridine rings is 1. The van der Waals surface area contributed by atoms with Crippen molar-refractivity contribution in [1.29, 1.82) is 0 Å². The Morgan fingerprint density at radius 3 is 2.74 bits per heavy atom. The van der Waals surface area contributed by atoms with Crippen LogP contribution < -0.4 is 10.2 Å². The van der Waals surface area contributed by atoms with Gasteiger partial charge in [0.05, 0.1) is 31.0 Å². The molecule has 2 aromatic heterocycles. The Hall–Kier alpha value is -3.19. The Kier molecular flexibility index (Phi) is 5.11. The maximum atomic E-state index is 12.5. The predicted molar refractivity (Wildman–Crippen MR) is 102 cm³/mol. The number of benzene rings is 1. The van der Waals surface area contributed by atoms with E-state index in [4.69, 9.17) is 9.15 Å². The van der Waals surface area contributed by atoms with Gasteiger partial charge in [0.25, 0.3) is 0 Å². The molecule has 1 aliphatic rings. The third-order valence-corrected chi connectivity index (χ3v) is 4.29. The molecule has 1 fully saturated rings. The number of amides is 1. The Balaban J connectivity index is 1.44. The Labute approximate surface area is 157 Å². The van der Waals surface area contributed by atoms with Crippen molar-refractivity contribution in [3.8, 4) is 11.5 Å². The molecule has 138 valence electrons. The van der Waals surface area contributed by atoms with Gasteiger partial charge in [-0.3, -0.25) is 4.79 Å². The lowest BCUT2D eigenvalue weighted by molar-refractivity contribution is -0.115. The van der Waals surface area contributed by atoms with E-state index in [9.17, 15) is 4.79 Å². The maximum absolute atomic E-state index is 12.5. The van der Waals surface area contributed by atoms with Gasteiger partial charge in [-0.25, -0.2) is 9.97 Å². The summed E-state index contributed by atoms with van der Waals surface area (Å²) in [5.41, 5.74) is 2.16. The number of carbonyl (C=O) groups excluding carboxylic acids is 1. The van der Waals surface area contributed by atoms with Crippen LogP contribution in [-0.4, -0.2) is 42.2 Å². The zero-order chi connectivity index (χ0) is 18.5. The summed E-state index contributed by atoms with van der Waals surface area (Å²) in [6, 6.07) is 13.3. The highest BCUT2D eigenvalue weighted by molar-refractivity contribution is 5.94. The lowest BCUT2D eigenvalue weighted by Crippen LogP contribution is -2.37. The highest BCUT2D eigenvalue weighted by Crippen LogP contribution is 2.24. The Morgan fingerprint density at radius 1 is 1.11 bits per heavy atom. The maximum Gasteiger partial charge on any atom is 0.230 e. The second-order valence-corrected chi connectivity index (χ2v) is 6.21. The lowest BCUT2D eigenvalue weighted by atomic mass is 10.2. The summed E-state index contributed by atoms with van der Waals surface area (Å²) in [5.74, 6) is 1.11. The standard InChI is InChI=1S/C20H20N4O3/c25-18(13-16-14-27-20(22-16)15-5-2-1-3-6-15)23-17-7-4-8-21-19(17)24-9-11-26-12-10-24/h1-8,14H,9-13H2,(H,23,25). The number of carbonyl (C=O) groups is 1. The highest BCUT2D eigenvalue weighted by Gasteiger charge is 2.18. The molecule has 1 saturated heterocycles. The van der Waals surface area contributed by atoms with Crippen LogP contribution in [0.2, 0.25) is 0 Å². The first-order valence-electron chi connectivity index (χ1n) is 8.87. The number of nitrogens with one attached hydrogen (secondary N) is 1. The van der Waals surface area contributed by atoms with Crippen molar-refractivity contribution in [2.75, 3.05) is 36.5 Å². The molecule has 1 aromatic carbocycles. The van der Waals surface area contributed by atoms with Gasteiger partial charge in [-0.05, 0) is 24.3 Å². The molecule has 1 amide bonds. The fourth-order valence-corrected chi connectivity index (χ4v) is 2.98. The molecule has 1 aliphatic heterocycles. The molecule has 0 aliphatic carbocycles. The third kappa shape index (κ3) is 4.15. The minimum absolute atomic E-state index is 0.133. The summed E-state index contributed by atoms with van der Waals surface area (Å²) < 4.78 is 10.9. The van der Waals surface area contributed by atoms with E-state index in [1.54, 1.807) is 6.20 Å². The number of nitrogens with zero attached hydrogens (tertiary/aromatic N) is 3. The van der Waals surface area contributed by atoms with E-state index in [0.29, 0.717) is 30.5 Å². The number of oxazole rings is 1. The summed E-state index contributed by atoms with van der Waals surface area (Å²) in [6.07, 6.45) is 3.38. The van der Waals surface area contributed by atoms with Crippen LogP contribution in [0.5, 0.6) is 0 Å². The third-order valence-electron chi connectivity index (χ3n) is 4.29. The largest absolute Gasteiger partial charge is 0.444 e. The average Bonchev–Trinajstić information content (AvgIpc) is 3.18. The first-order valence-corrected chi connectivity index (χ1v) is 8.87. The van der Waals surface area contributed by atoms with E-state index in [-0.39, 0.29) is 12.3 Å². The van der Waals surface area contributed by atoms with Crippen molar-refractivity contribution < 1.29 is 13.9 Å². The Bertz CT molecular complexity index is 904.